The van der Waals surface area contributed by atoms with Crippen molar-refractivity contribution in [3.8, 4) is 0 Å². The van der Waals surface area contributed by atoms with Gasteiger partial charge in [-0.05, 0) is 38.5 Å². The molecule has 0 bridgehead atoms. The zero-order valence-electron chi connectivity index (χ0n) is 12.0. The molecule has 0 saturated carbocycles. The van der Waals surface area contributed by atoms with Crippen molar-refractivity contribution in [1.82, 2.24) is 19.9 Å². The highest BCUT2D eigenvalue weighted by Gasteiger charge is 2.24. The Bertz CT molecular complexity index is 436. The molecule has 0 radical (unpaired) electrons. The summed E-state index contributed by atoms with van der Waals surface area (Å²) in [6, 6.07) is 0.534. The van der Waals surface area contributed by atoms with Gasteiger partial charge in [0.05, 0.1) is 0 Å². The molecule has 2 rings (SSSR count). The van der Waals surface area contributed by atoms with Gasteiger partial charge in [0.15, 0.2) is 0 Å². The topological polar surface area (TPSA) is 48.4 Å². The number of likely N-dealkylation sites (N-methyl/N-ethyl adjacent to an activating group) is 1. The fourth-order valence-corrected chi connectivity index (χ4v) is 2.38. The van der Waals surface area contributed by atoms with Crippen molar-refractivity contribution in [2.24, 2.45) is 0 Å². The monoisotopic (exact) mass is 284 g/mol. The predicted molar refractivity (Wildman–Crippen MR) is 78.1 cm³/mol. The third-order valence-corrected chi connectivity index (χ3v) is 3.56. The summed E-state index contributed by atoms with van der Waals surface area (Å²) >= 11 is 5.99. The van der Waals surface area contributed by atoms with Gasteiger partial charge in [0.2, 0.25) is 17.2 Å². The van der Waals surface area contributed by atoms with Gasteiger partial charge in [0.1, 0.15) is 0 Å². The summed E-state index contributed by atoms with van der Waals surface area (Å²) in [6.07, 6.45) is 2.35. The number of anilines is 2. The molecule has 2 heterocycles. The molecule has 106 valence electrons. The minimum absolute atomic E-state index is 0.251. The van der Waals surface area contributed by atoms with Gasteiger partial charge in [-0.2, -0.15) is 15.0 Å². The molecule has 1 atom stereocenters. The second-order valence-corrected chi connectivity index (χ2v) is 5.64. The second kappa shape index (κ2) is 5.88. The van der Waals surface area contributed by atoms with Gasteiger partial charge in [-0.25, -0.2) is 0 Å². The molecule has 1 aliphatic heterocycles. The first kappa shape index (κ1) is 14.3. The van der Waals surface area contributed by atoms with Gasteiger partial charge in [0.25, 0.3) is 0 Å². The van der Waals surface area contributed by atoms with E-state index in [1.165, 1.54) is 6.42 Å². The SMILES string of the molecule is CN(C)c1nc(Cl)nc(N2CCCC(N(C)C)C2)n1. The molecular weight excluding hydrogens is 264 g/mol. The van der Waals surface area contributed by atoms with Crippen LogP contribution in [0.5, 0.6) is 0 Å². The molecular formula is C12H21ClN6. The van der Waals surface area contributed by atoms with Crippen LogP contribution in [-0.2, 0) is 0 Å². The Hall–Kier alpha value is -1.14. The van der Waals surface area contributed by atoms with Gasteiger partial charge >= 0.3 is 0 Å². The molecule has 7 heteroatoms. The summed E-state index contributed by atoms with van der Waals surface area (Å²) in [7, 11) is 8.02. The molecule has 19 heavy (non-hydrogen) atoms. The van der Waals surface area contributed by atoms with Crippen LogP contribution >= 0.6 is 11.6 Å². The lowest BCUT2D eigenvalue weighted by molar-refractivity contribution is 0.257. The maximum atomic E-state index is 5.99. The van der Waals surface area contributed by atoms with Gasteiger partial charge in [0, 0.05) is 33.2 Å². The number of aromatic nitrogens is 3. The Balaban J connectivity index is 2.21. The molecule has 1 aromatic heterocycles. The first-order valence-corrected chi connectivity index (χ1v) is 6.85. The van der Waals surface area contributed by atoms with Gasteiger partial charge in [-0.3, -0.25) is 0 Å². The molecule has 1 saturated heterocycles. The van der Waals surface area contributed by atoms with E-state index in [9.17, 15) is 0 Å². The first-order chi connectivity index (χ1) is 8.97. The zero-order valence-corrected chi connectivity index (χ0v) is 12.7. The highest BCUT2D eigenvalue weighted by molar-refractivity contribution is 6.28. The largest absolute Gasteiger partial charge is 0.347 e. The fraction of sp³-hybridized carbons (Fsp3) is 0.750. The Morgan fingerprint density at radius 1 is 1.16 bits per heavy atom. The highest BCUT2D eigenvalue weighted by atomic mass is 35.5. The maximum Gasteiger partial charge on any atom is 0.231 e. The quantitative estimate of drug-likeness (QED) is 0.829. The molecule has 0 spiro atoms. The lowest BCUT2D eigenvalue weighted by Crippen LogP contribution is -2.45. The van der Waals surface area contributed by atoms with E-state index in [2.05, 4.69) is 38.8 Å². The maximum absolute atomic E-state index is 5.99. The Morgan fingerprint density at radius 2 is 1.89 bits per heavy atom. The number of hydrogen-bond acceptors (Lipinski definition) is 6. The summed E-state index contributed by atoms with van der Waals surface area (Å²) in [5, 5.41) is 0.251. The van der Waals surface area contributed by atoms with E-state index < -0.39 is 0 Å². The first-order valence-electron chi connectivity index (χ1n) is 6.47. The Kier molecular flexibility index (Phi) is 4.42. The van der Waals surface area contributed by atoms with Crippen molar-refractivity contribution in [3.63, 3.8) is 0 Å². The summed E-state index contributed by atoms with van der Waals surface area (Å²) < 4.78 is 0. The Labute approximate surface area is 119 Å². The molecule has 6 nitrogen and oxygen atoms in total. The van der Waals surface area contributed by atoms with Crippen LogP contribution in [0, 0.1) is 0 Å². The van der Waals surface area contributed by atoms with Crippen LogP contribution in [0.4, 0.5) is 11.9 Å². The fourth-order valence-electron chi connectivity index (χ4n) is 2.23. The van der Waals surface area contributed by atoms with Crippen molar-refractivity contribution >= 4 is 23.5 Å². The number of halogens is 1. The third-order valence-electron chi connectivity index (χ3n) is 3.39. The van der Waals surface area contributed by atoms with Gasteiger partial charge < -0.3 is 14.7 Å². The average molecular weight is 285 g/mol. The normalized spacial score (nSPS) is 19.9. The molecule has 1 aliphatic rings. The van der Waals surface area contributed by atoms with Crippen molar-refractivity contribution in [3.05, 3.63) is 5.28 Å². The van der Waals surface area contributed by atoms with Crippen LogP contribution in [0.3, 0.4) is 0 Å². The van der Waals surface area contributed by atoms with E-state index in [1.807, 2.05) is 19.0 Å². The molecule has 0 aromatic carbocycles. The molecule has 0 amide bonds. The van der Waals surface area contributed by atoms with Crippen LogP contribution < -0.4 is 9.80 Å². The molecule has 0 aliphatic carbocycles. The van der Waals surface area contributed by atoms with E-state index in [0.717, 1.165) is 19.5 Å². The van der Waals surface area contributed by atoms with Crippen molar-refractivity contribution in [2.75, 3.05) is 51.1 Å². The van der Waals surface area contributed by atoms with E-state index in [0.29, 0.717) is 17.9 Å². The summed E-state index contributed by atoms with van der Waals surface area (Å²) in [4.78, 5) is 19.1. The molecule has 0 N–H and O–H groups in total. The van der Waals surface area contributed by atoms with Gasteiger partial charge in [-0.15, -0.1) is 0 Å². The van der Waals surface area contributed by atoms with Crippen LogP contribution in [0.25, 0.3) is 0 Å². The van der Waals surface area contributed by atoms with Crippen molar-refractivity contribution in [2.45, 2.75) is 18.9 Å². The molecule has 1 aromatic rings. The number of piperidine rings is 1. The van der Waals surface area contributed by atoms with E-state index in [1.54, 1.807) is 0 Å². The summed E-state index contributed by atoms with van der Waals surface area (Å²) in [6.45, 7) is 1.90. The number of hydrogen-bond donors (Lipinski definition) is 0. The zero-order chi connectivity index (χ0) is 14.0. The lowest BCUT2D eigenvalue weighted by Gasteiger charge is -2.36. The standard InChI is InChI=1S/C12H21ClN6/c1-17(2)9-6-5-7-19(8-9)12-15-10(13)14-11(16-12)18(3)4/h9H,5-8H2,1-4H3. The van der Waals surface area contributed by atoms with Crippen LogP contribution in [0.15, 0.2) is 0 Å². The third kappa shape index (κ3) is 3.45. The second-order valence-electron chi connectivity index (χ2n) is 5.30. The highest BCUT2D eigenvalue weighted by Crippen LogP contribution is 2.21. The molecule has 1 unspecified atom stereocenters. The number of rotatable bonds is 3. The summed E-state index contributed by atoms with van der Waals surface area (Å²) in [5.74, 6) is 1.28. The van der Waals surface area contributed by atoms with E-state index in [4.69, 9.17) is 11.6 Å². The average Bonchev–Trinajstić information content (AvgIpc) is 2.38. The van der Waals surface area contributed by atoms with E-state index in [-0.39, 0.29) is 5.28 Å². The van der Waals surface area contributed by atoms with Crippen LogP contribution in [0.2, 0.25) is 5.28 Å². The predicted octanol–water partition coefficient (Wildman–Crippen LogP) is 1.12. The minimum atomic E-state index is 0.251. The van der Waals surface area contributed by atoms with Gasteiger partial charge in [-0.1, -0.05) is 0 Å². The molecule has 1 fully saturated rings. The van der Waals surface area contributed by atoms with Crippen LogP contribution in [-0.4, -0.2) is 67.2 Å². The van der Waals surface area contributed by atoms with E-state index >= 15 is 0 Å². The van der Waals surface area contributed by atoms with Crippen molar-refractivity contribution in [1.29, 1.82) is 0 Å². The smallest absolute Gasteiger partial charge is 0.231 e. The summed E-state index contributed by atoms with van der Waals surface area (Å²) in [5.41, 5.74) is 0. The number of nitrogens with zero attached hydrogens (tertiary/aromatic N) is 6. The lowest BCUT2D eigenvalue weighted by atomic mass is 10.1. The minimum Gasteiger partial charge on any atom is -0.347 e. The Morgan fingerprint density at radius 3 is 2.53 bits per heavy atom. The van der Waals surface area contributed by atoms with Crippen molar-refractivity contribution < 1.29 is 0 Å². The van der Waals surface area contributed by atoms with Crippen LogP contribution in [0.1, 0.15) is 12.8 Å².